The van der Waals surface area contributed by atoms with Gasteiger partial charge in [-0.25, -0.2) is 4.39 Å². The van der Waals surface area contributed by atoms with Crippen LogP contribution in [0.5, 0.6) is 0 Å². The van der Waals surface area contributed by atoms with Crippen LogP contribution < -0.4 is 0 Å². The minimum atomic E-state index is -1.43. The number of ether oxygens (including phenoxy) is 3. The number of esters is 1. The van der Waals surface area contributed by atoms with Crippen molar-refractivity contribution in [2.75, 3.05) is 13.2 Å². The van der Waals surface area contributed by atoms with E-state index in [0.29, 0.717) is 11.6 Å². The van der Waals surface area contributed by atoms with Gasteiger partial charge in [-0.05, 0) is 29.7 Å². The van der Waals surface area contributed by atoms with Crippen LogP contribution >= 0.6 is 35.0 Å². The normalized spacial score (nSPS) is 29.0. The van der Waals surface area contributed by atoms with Crippen LogP contribution in [-0.4, -0.2) is 47.5 Å². The Balaban J connectivity index is 1.57. The molecule has 0 bridgehead atoms. The fourth-order valence-corrected chi connectivity index (χ4v) is 4.77. The zero-order chi connectivity index (χ0) is 20.8. The molecular formula is C21H23Cl2FO4S. The number of hydrogen-bond donors (Lipinski definition) is 0. The molecule has 0 radical (unpaired) electrons. The fourth-order valence-electron chi connectivity index (χ4n) is 3.09. The monoisotopic (exact) mass is 460 g/mol. The second-order valence-corrected chi connectivity index (χ2v) is 9.24. The van der Waals surface area contributed by atoms with Crippen molar-refractivity contribution in [3.63, 3.8) is 0 Å². The molecule has 29 heavy (non-hydrogen) atoms. The molecule has 1 aromatic rings. The smallest absolute Gasteiger partial charge is 0.303 e. The van der Waals surface area contributed by atoms with Gasteiger partial charge in [0, 0.05) is 11.9 Å². The first-order valence-electron chi connectivity index (χ1n) is 9.34. The average molecular weight is 461 g/mol. The molecule has 0 N–H and O–H groups in total. The molecule has 1 aromatic carbocycles. The lowest BCUT2D eigenvalue weighted by Gasteiger charge is -2.21. The molecule has 158 valence electrons. The number of thioether (sulfide) groups is 1. The highest BCUT2D eigenvalue weighted by Crippen LogP contribution is 2.39. The molecule has 0 aromatic heterocycles. The molecule has 3 rings (SSSR count). The van der Waals surface area contributed by atoms with Crippen LogP contribution in [-0.2, 0) is 25.6 Å². The van der Waals surface area contributed by atoms with Crippen LogP contribution in [0.2, 0.25) is 5.02 Å². The molecule has 1 aliphatic carbocycles. The van der Waals surface area contributed by atoms with Gasteiger partial charge in [0.1, 0.15) is 6.10 Å². The van der Waals surface area contributed by atoms with Crippen molar-refractivity contribution >= 4 is 40.9 Å². The summed E-state index contributed by atoms with van der Waals surface area (Å²) >= 11 is 13.2. The number of benzene rings is 1. The average Bonchev–Trinajstić information content (AvgIpc) is 2.97. The van der Waals surface area contributed by atoms with E-state index in [1.807, 2.05) is 30.4 Å². The number of rotatable bonds is 8. The molecule has 2 unspecified atom stereocenters. The molecule has 8 heteroatoms. The first-order valence-corrected chi connectivity index (χ1v) is 11.1. The van der Waals surface area contributed by atoms with Crippen LogP contribution in [0, 0.1) is 0 Å². The molecule has 0 amide bonds. The van der Waals surface area contributed by atoms with Crippen molar-refractivity contribution in [2.24, 2.45) is 0 Å². The van der Waals surface area contributed by atoms with E-state index in [9.17, 15) is 9.18 Å². The first-order chi connectivity index (χ1) is 13.9. The maximum absolute atomic E-state index is 14.9. The van der Waals surface area contributed by atoms with Crippen molar-refractivity contribution in [3.05, 3.63) is 58.7 Å². The summed E-state index contributed by atoms with van der Waals surface area (Å²) in [6, 6.07) is 7.18. The van der Waals surface area contributed by atoms with Crippen LogP contribution in [0.3, 0.4) is 0 Å². The molecule has 1 saturated heterocycles. The lowest BCUT2D eigenvalue weighted by Crippen LogP contribution is -2.35. The van der Waals surface area contributed by atoms with E-state index in [-0.39, 0.29) is 23.8 Å². The van der Waals surface area contributed by atoms with Gasteiger partial charge in [0.2, 0.25) is 0 Å². The number of allylic oxidation sites excluding steroid dienone is 2. The van der Waals surface area contributed by atoms with Gasteiger partial charge in [-0.1, -0.05) is 42.0 Å². The number of carbonyl (C=O) groups is 1. The quantitative estimate of drug-likeness (QED) is 0.399. The Morgan fingerprint density at radius 2 is 2.03 bits per heavy atom. The predicted octanol–water partition coefficient (Wildman–Crippen LogP) is 5.08. The third-order valence-corrected chi connectivity index (χ3v) is 6.52. The van der Waals surface area contributed by atoms with Crippen LogP contribution in [0.1, 0.15) is 18.9 Å². The van der Waals surface area contributed by atoms with E-state index in [0.717, 1.165) is 17.6 Å². The largest absolute Gasteiger partial charge is 0.448 e. The fraction of sp³-hybridized carbons (Fsp3) is 0.476. The number of carbonyl (C=O) groups excluding carboxylic acids is 1. The van der Waals surface area contributed by atoms with Gasteiger partial charge < -0.3 is 14.2 Å². The molecule has 0 spiro atoms. The topological polar surface area (TPSA) is 44.8 Å². The predicted molar refractivity (Wildman–Crippen MR) is 114 cm³/mol. The second-order valence-electron chi connectivity index (χ2n) is 6.90. The molecule has 2 aliphatic rings. The first kappa shape index (κ1) is 22.6. The van der Waals surface area contributed by atoms with Crippen LogP contribution in [0.4, 0.5) is 4.39 Å². The number of hydrogen-bond acceptors (Lipinski definition) is 5. The Morgan fingerprint density at radius 3 is 2.69 bits per heavy atom. The Morgan fingerprint density at radius 1 is 1.28 bits per heavy atom. The summed E-state index contributed by atoms with van der Waals surface area (Å²) in [5, 5.41) is 0.350. The lowest BCUT2D eigenvalue weighted by atomic mass is 10.1. The maximum Gasteiger partial charge on any atom is 0.303 e. The van der Waals surface area contributed by atoms with Gasteiger partial charge in [-0.2, -0.15) is 0 Å². The van der Waals surface area contributed by atoms with Crippen LogP contribution in [0.25, 0.3) is 0 Å². The molecule has 4 nitrogen and oxygen atoms in total. The zero-order valence-corrected chi connectivity index (χ0v) is 18.3. The van der Waals surface area contributed by atoms with Gasteiger partial charge in [0.25, 0.3) is 0 Å². The Labute approximate surface area is 184 Å². The van der Waals surface area contributed by atoms with Gasteiger partial charge in [-0.3, -0.25) is 4.79 Å². The van der Waals surface area contributed by atoms with Gasteiger partial charge in [0.15, 0.2) is 11.6 Å². The van der Waals surface area contributed by atoms with Crippen molar-refractivity contribution in [3.8, 4) is 0 Å². The molecule has 1 aliphatic heterocycles. The van der Waals surface area contributed by atoms with Crippen molar-refractivity contribution in [2.45, 2.75) is 48.3 Å². The summed E-state index contributed by atoms with van der Waals surface area (Å²) in [5.74, 6) is -0.517. The van der Waals surface area contributed by atoms with Crippen LogP contribution in [0.15, 0.2) is 48.1 Å². The Kier molecular flexibility index (Phi) is 8.45. The molecule has 1 fully saturated rings. The Hall–Kier alpha value is -1.05. The third-order valence-electron chi connectivity index (χ3n) is 4.56. The summed E-state index contributed by atoms with van der Waals surface area (Å²) in [6.07, 6.45) is 4.49. The summed E-state index contributed by atoms with van der Waals surface area (Å²) < 4.78 is 31.7. The highest BCUT2D eigenvalue weighted by Gasteiger charge is 2.47. The van der Waals surface area contributed by atoms with E-state index in [2.05, 4.69) is 0 Å². The minimum absolute atomic E-state index is 0.0200. The zero-order valence-electron chi connectivity index (χ0n) is 15.9. The highest BCUT2D eigenvalue weighted by molar-refractivity contribution is 8.00. The van der Waals surface area contributed by atoms with Gasteiger partial charge >= 0.3 is 5.97 Å². The SMILES string of the molecule is CC(=O)OC1S[C@H](COCC2=CCC(Cl)C=C2)[C@@H](OCc2ccc(Cl)cc2)[C@@H]1F. The third kappa shape index (κ3) is 6.72. The standard InChI is InChI=1S/C21H23Cl2FO4S/c1-13(25)28-21-19(24)20(27-11-15-4-8-17(23)9-5-15)18(29-21)12-26-10-14-2-6-16(22)7-3-14/h2-6,8-9,16,18-21H,7,10-12H2,1H3/t16?,18-,19+,20-,21?/m1/s1. The summed E-state index contributed by atoms with van der Waals surface area (Å²) in [5.41, 5.74) is 1.02. The maximum atomic E-state index is 14.9. The molecule has 1 heterocycles. The minimum Gasteiger partial charge on any atom is -0.448 e. The molecular weight excluding hydrogens is 438 g/mol. The summed E-state index contributed by atoms with van der Waals surface area (Å²) in [4.78, 5) is 11.3. The second kappa shape index (κ2) is 10.8. The van der Waals surface area contributed by atoms with Crippen molar-refractivity contribution < 1.29 is 23.4 Å². The lowest BCUT2D eigenvalue weighted by molar-refractivity contribution is -0.146. The summed E-state index contributed by atoms with van der Waals surface area (Å²) in [6.45, 7) is 2.20. The van der Waals surface area contributed by atoms with E-state index < -0.39 is 23.7 Å². The Bertz CT molecular complexity index is 756. The number of alkyl halides is 2. The van der Waals surface area contributed by atoms with Gasteiger partial charge in [-0.15, -0.1) is 23.4 Å². The van der Waals surface area contributed by atoms with Crippen molar-refractivity contribution in [1.29, 1.82) is 0 Å². The van der Waals surface area contributed by atoms with Crippen molar-refractivity contribution in [1.82, 2.24) is 0 Å². The van der Waals surface area contributed by atoms with E-state index in [1.54, 1.807) is 12.1 Å². The summed E-state index contributed by atoms with van der Waals surface area (Å²) in [7, 11) is 0. The van der Waals surface area contributed by atoms with Gasteiger partial charge in [0.05, 0.1) is 30.4 Å². The van der Waals surface area contributed by atoms with E-state index in [1.165, 1.54) is 18.7 Å². The number of halogens is 3. The van der Waals surface area contributed by atoms with E-state index in [4.69, 9.17) is 37.4 Å². The van der Waals surface area contributed by atoms with E-state index >= 15 is 0 Å². The highest BCUT2D eigenvalue weighted by atomic mass is 35.5. The molecule has 0 saturated carbocycles. The molecule has 5 atom stereocenters.